The number of carboxylic acid groups (broad SMARTS) is 1. The zero-order chi connectivity index (χ0) is 14.0. The maximum Gasteiger partial charge on any atom is 0.372 e. The third-order valence-corrected chi connectivity index (χ3v) is 3.35. The molecule has 0 amide bonds. The first-order valence-corrected chi connectivity index (χ1v) is 6.58. The maximum absolute atomic E-state index is 10.9. The minimum absolute atomic E-state index is 0.0140. The van der Waals surface area contributed by atoms with Crippen LogP contribution in [0, 0.1) is 13.8 Å². The maximum atomic E-state index is 10.9. The van der Waals surface area contributed by atoms with Crippen molar-refractivity contribution in [1.82, 2.24) is 0 Å². The van der Waals surface area contributed by atoms with E-state index in [2.05, 4.69) is 21.2 Å². The quantitative estimate of drug-likeness (QED) is 0.893. The Morgan fingerprint density at radius 1 is 1.37 bits per heavy atom. The molecule has 0 aliphatic carbocycles. The molecule has 0 aliphatic heterocycles. The number of nitrogens with one attached hydrogen (secondary N) is 1. The fraction of sp³-hybridized carbons (Fsp3) is 0.214. The van der Waals surface area contributed by atoms with Crippen molar-refractivity contribution in [2.45, 2.75) is 20.4 Å². The standard InChI is InChI=1S/C14H14BrNO3/c1-8-5-11(15)6-9(2)12(8)16-7-10-3-4-19-13(10)14(17)18/h3-6,16H,7H2,1-2H3,(H,17,18). The van der Waals surface area contributed by atoms with Crippen LogP contribution in [0.5, 0.6) is 0 Å². The highest BCUT2D eigenvalue weighted by molar-refractivity contribution is 9.10. The number of aromatic carboxylic acids is 1. The Hall–Kier alpha value is -1.75. The lowest BCUT2D eigenvalue weighted by atomic mass is 10.1. The molecule has 19 heavy (non-hydrogen) atoms. The van der Waals surface area contributed by atoms with E-state index in [1.54, 1.807) is 6.07 Å². The van der Waals surface area contributed by atoms with Crippen LogP contribution in [0.15, 0.2) is 33.4 Å². The molecule has 0 aliphatic rings. The molecule has 2 N–H and O–H groups in total. The van der Waals surface area contributed by atoms with Gasteiger partial charge in [-0.05, 0) is 43.2 Å². The molecular weight excluding hydrogens is 310 g/mol. The molecule has 1 aromatic heterocycles. The number of furan rings is 1. The number of carbonyl (C=O) groups is 1. The van der Waals surface area contributed by atoms with Crippen molar-refractivity contribution >= 4 is 27.6 Å². The first-order valence-electron chi connectivity index (χ1n) is 5.79. The SMILES string of the molecule is Cc1cc(Br)cc(C)c1NCc1ccoc1C(=O)O. The van der Waals surface area contributed by atoms with Gasteiger partial charge in [0.15, 0.2) is 0 Å². The molecule has 1 heterocycles. The largest absolute Gasteiger partial charge is 0.475 e. The lowest BCUT2D eigenvalue weighted by Crippen LogP contribution is -2.06. The van der Waals surface area contributed by atoms with Gasteiger partial charge in [-0.1, -0.05) is 15.9 Å². The molecule has 1 aromatic carbocycles. The molecule has 0 saturated carbocycles. The van der Waals surface area contributed by atoms with E-state index < -0.39 is 5.97 Å². The van der Waals surface area contributed by atoms with Crippen LogP contribution in [0.4, 0.5) is 5.69 Å². The molecule has 0 atom stereocenters. The van der Waals surface area contributed by atoms with Crippen LogP contribution in [0.1, 0.15) is 27.2 Å². The predicted octanol–water partition coefficient (Wildman–Crippen LogP) is 3.97. The summed E-state index contributed by atoms with van der Waals surface area (Å²) in [7, 11) is 0. The Kier molecular flexibility index (Phi) is 3.95. The monoisotopic (exact) mass is 323 g/mol. The Morgan fingerprint density at radius 3 is 2.58 bits per heavy atom. The highest BCUT2D eigenvalue weighted by Gasteiger charge is 2.14. The summed E-state index contributed by atoms with van der Waals surface area (Å²) in [5.74, 6) is -1.06. The summed E-state index contributed by atoms with van der Waals surface area (Å²) in [5, 5.41) is 12.2. The molecule has 5 heteroatoms. The molecule has 2 rings (SSSR count). The number of halogens is 1. The average Bonchev–Trinajstić information content (AvgIpc) is 2.75. The Morgan fingerprint density at radius 2 is 2.00 bits per heavy atom. The van der Waals surface area contributed by atoms with E-state index in [4.69, 9.17) is 9.52 Å². The molecular formula is C14H14BrNO3. The van der Waals surface area contributed by atoms with Crippen molar-refractivity contribution in [2.75, 3.05) is 5.32 Å². The van der Waals surface area contributed by atoms with Gasteiger partial charge in [0, 0.05) is 22.3 Å². The molecule has 0 radical (unpaired) electrons. The Labute approximate surface area is 119 Å². The summed E-state index contributed by atoms with van der Waals surface area (Å²) in [4.78, 5) is 10.9. The summed E-state index contributed by atoms with van der Waals surface area (Å²) in [6, 6.07) is 5.70. The van der Waals surface area contributed by atoms with E-state index in [9.17, 15) is 4.79 Å². The van der Waals surface area contributed by atoms with E-state index in [0.717, 1.165) is 21.3 Å². The Bertz CT molecular complexity index is 596. The number of hydrogen-bond acceptors (Lipinski definition) is 3. The van der Waals surface area contributed by atoms with Gasteiger partial charge in [0.1, 0.15) is 0 Å². The second-order valence-corrected chi connectivity index (χ2v) is 5.26. The van der Waals surface area contributed by atoms with Gasteiger partial charge in [0.25, 0.3) is 0 Å². The summed E-state index contributed by atoms with van der Waals surface area (Å²) in [6.45, 7) is 4.43. The van der Waals surface area contributed by atoms with E-state index >= 15 is 0 Å². The van der Waals surface area contributed by atoms with Gasteiger partial charge in [-0.2, -0.15) is 0 Å². The minimum atomic E-state index is -1.05. The molecule has 100 valence electrons. The average molecular weight is 324 g/mol. The second-order valence-electron chi connectivity index (χ2n) is 4.35. The number of anilines is 1. The third kappa shape index (κ3) is 2.98. The summed E-state index contributed by atoms with van der Waals surface area (Å²) in [5.41, 5.74) is 3.86. The van der Waals surface area contributed by atoms with Crippen LogP contribution in [0.25, 0.3) is 0 Å². The van der Waals surface area contributed by atoms with Crippen LogP contribution >= 0.6 is 15.9 Å². The van der Waals surface area contributed by atoms with Crippen molar-refractivity contribution in [3.05, 3.63) is 51.4 Å². The predicted molar refractivity (Wildman–Crippen MR) is 76.6 cm³/mol. The minimum Gasteiger partial charge on any atom is -0.475 e. The lowest BCUT2D eigenvalue weighted by molar-refractivity contribution is 0.0661. The zero-order valence-corrected chi connectivity index (χ0v) is 12.2. The summed E-state index contributed by atoms with van der Waals surface area (Å²) < 4.78 is 5.98. The molecule has 0 fully saturated rings. The lowest BCUT2D eigenvalue weighted by Gasteiger charge is -2.13. The number of aryl methyl sites for hydroxylation is 2. The van der Waals surface area contributed by atoms with Crippen molar-refractivity contribution in [1.29, 1.82) is 0 Å². The van der Waals surface area contributed by atoms with E-state index in [1.165, 1.54) is 6.26 Å². The first kappa shape index (κ1) is 13.7. The Balaban J connectivity index is 2.19. The zero-order valence-electron chi connectivity index (χ0n) is 10.7. The van der Waals surface area contributed by atoms with E-state index in [1.807, 2.05) is 26.0 Å². The summed E-state index contributed by atoms with van der Waals surface area (Å²) in [6.07, 6.45) is 1.39. The van der Waals surface area contributed by atoms with Gasteiger partial charge in [-0.25, -0.2) is 4.79 Å². The smallest absolute Gasteiger partial charge is 0.372 e. The molecule has 0 saturated heterocycles. The van der Waals surface area contributed by atoms with Crippen molar-refractivity contribution in [3.63, 3.8) is 0 Å². The van der Waals surface area contributed by atoms with Gasteiger partial charge in [0.05, 0.1) is 6.26 Å². The highest BCUT2D eigenvalue weighted by atomic mass is 79.9. The third-order valence-electron chi connectivity index (χ3n) is 2.89. The van der Waals surface area contributed by atoms with Crippen LogP contribution in [0.2, 0.25) is 0 Å². The van der Waals surface area contributed by atoms with Crippen LogP contribution < -0.4 is 5.32 Å². The van der Waals surface area contributed by atoms with Crippen LogP contribution in [-0.4, -0.2) is 11.1 Å². The van der Waals surface area contributed by atoms with Crippen molar-refractivity contribution < 1.29 is 14.3 Å². The van der Waals surface area contributed by atoms with Crippen molar-refractivity contribution in [2.24, 2.45) is 0 Å². The second kappa shape index (κ2) is 5.48. The van der Waals surface area contributed by atoms with Crippen molar-refractivity contribution in [3.8, 4) is 0 Å². The molecule has 2 aromatic rings. The fourth-order valence-electron chi connectivity index (χ4n) is 2.04. The van der Waals surface area contributed by atoms with Crippen LogP contribution in [0.3, 0.4) is 0 Å². The van der Waals surface area contributed by atoms with Gasteiger partial charge in [-0.15, -0.1) is 0 Å². The fourth-order valence-corrected chi connectivity index (χ4v) is 2.72. The van der Waals surface area contributed by atoms with Gasteiger partial charge < -0.3 is 14.8 Å². The molecule has 0 bridgehead atoms. The molecule has 0 spiro atoms. The van der Waals surface area contributed by atoms with Gasteiger partial charge in [0.2, 0.25) is 5.76 Å². The number of carboxylic acids is 1. The number of benzene rings is 1. The van der Waals surface area contributed by atoms with E-state index in [-0.39, 0.29) is 5.76 Å². The highest BCUT2D eigenvalue weighted by Crippen LogP contribution is 2.26. The van der Waals surface area contributed by atoms with Gasteiger partial charge in [-0.3, -0.25) is 0 Å². The van der Waals surface area contributed by atoms with Crippen LogP contribution in [-0.2, 0) is 6.54 Å². The number of rotatable bonds is 4. The molecule has 0 unspecified atom stereocenters. The first-order chi connectivity index (χ1) is 8.99. The number of hydrogen-bond donors (Lipinski definition) is 2. The van der Waals surface area contributed by atoms with E-state index in [0.29, 0.717) is 12.1 Å². The topological polar surface area (TPSA) is 62.5 Å². The summed E-state index contributed by atoms with van der Waals surface area (Å²) >= 11 is 3.45. The normalized spacial score (nSPS) is 10.5. The molecule has 4 nitrogen and oxygen atoms in total. The van der Waals surface area contributed by atoms with Gasteiger partial charge >= 0.3 is 5.97 Å².